The van der Waals surface area contributed by atoms with E-state index in [1.807, 2.05) is 26.2 Å². The highest BCUT2D eigenvalue weighted by atomic mass is 35.5. The molecular weight excluding hydrogens is 250 g/mol. The number of hydrogen-bond donors (Lipinski definition) is 1. The SMILES string of the molecule is CC(C)(CCl)C(=O)NCCn1ccnc1C1CC1. The zero-order chi connectivity index (χ0) is 13.2. The fourth-order valence-corrected chi connectivity index (χ4v) is 1.92. The Balaban J connectivity index is 1.81. The number of aromatic nitrogens is 2. The number of amides is 1. The summed E-state index contributed by atoms with van der Waals surface area (Å²) in [6.07, 6.45) is 6.29. The zero-order valence-electron chi connectivity index (χ0n) is 10.9. The van der Waals surface area contributed by atoms with E-state index in [4.69, 9.17) is 11.6 Å². The van der Waals surface area contributed by atoms with E-state index in [9.17, 15) is 4.79 Å². The number of halogens is 1. The maximum atomic E-state index is 11.8. The molecule has 1 amide bonds. The molecule has 1 aromatic rings. The summed E-state index contributed by atoms with van der Waals surface area (Å²) in [5.74, 6) is 2.12. The van der Waals surface area contributed by atoms with Gasteiger partial charge in [0.05, 0.1) is 5.41 Å². The van der Waals surface area contributed by atoms with Crippen LogP contribution in [-0.2, 0) is 11.3 Å². The van der Waals surface area contributed by atoms with Crippen molar-refractivity contribution < 1.29 is 4.79 Å². The van der Waals surface area contributed by atoms with Crippen molar-refractivity contribution in [3.05, 3.63) is 18.2 Å². The predicted octanol–water partition coefficient (Wildman–Crippen LogP) is 2.14. The zero-order valence-corrected chi connectivity index (χ0v) is 11.7. The van der Waals surface area contributed by atoms with Crippen LogP contribution in [0.4, 0.5) is 0 Å². The van der Waals surface area contributed by atoms with Gasteiger partial charge in [-0.3, -0.25) is 4.79 Å². The van der Waals surface area contributed by atoms with Crippen molar-refractivity contribution in [2.75, 3.05) is 12.4 Å². The second-order valence-corrected chi connectivity index (χ2v) is 5.79. The summed E-state index contributed by atoms with van der Waals surface area (Å²) >= 11 is 5.77. The molecule has 0 unspecified atom stereocenters. The minimum absolute atomic E-state index is 0.00517. The van der Waals surface area contributed by atoms with E-state index >= 15 is 0 Å². The molecule has 100 valence electrons. The van der Waals surface area contributed by atoms with Crippen molar-refractivity contribution >= 4 is 17.5 Å². The molecule has 0 atom stereocenters. The number of carbonyl (C=O) groups excluding carboxylic acids is 1. The Morgan fingerprint density at radius 3 is 2.94 bits per heavy atom. The first-order chi connectivity index (χ1) is 8.54. The Morgan fingerprint density at radius 1 is 1.61 bits per heavy atom. The van der Waals surface area contributed by atoms with Gasteiger partial charge in [-0.05, 0) is 26.7 Å². The number of nitrogens with one attached hydrogen (secondary N) is 1. The van der Waals surface area contributed by atoms with Gasteiger partial charge in [0.15, 0.2) is 0 Å². The highest BCUT2D eigenvalue weighted by Gasteiger charge is 2.28. The summed E-state index contributed by atoms with van der Waals surface area (Å²) in [7, 11) is 0. The largest absolute Gasteiger partial charge is 0.354 e. The first-order valence-corrected chi connectivity index (χ1v) is 6.93. The lowest BCUT2D eigenvalue weighted by Crippen LogP contribution is -2.39. The third kappa shape index (κ3) is 3.05. The second-order valence-electron chi connectivity index (χ2n) is 5.53. The van der Waals surface area contributed by atoms with Gasteiger partial charge in [-0.1, -0.05) is 0 Å². The fourth-order valence-electron chi connectivity index (χ4n) is 1.80. The van der Waals surface area contributed by atoms with Crippen molar-refractivity contribution in [2.24, 2.45) is 5.41 Å². The molecule has 0 aliphatic heterocycles. The van der Waals surface area contributed by atoms with Crippen LogP contribution in [0, 0.1) is 5.41 Å². The van der Waals surface area contributed by atoms with Crippen LogP contribution in [0.2, 0.25) is 0 Å². The van der Waals surface area contributed by atoms with Crippen molar-refractivity contribution in [1.82, 2.24) is 14.9 Å². The van der Waals surface area contributed by atoms with Gasteiger partial charge in [-0.25, -0.2) is 4.98 Å². The molecule has 0 spiro atoms. The average Bonchev–Trinajstić information content (AvgIpc) is 3.09. The molecule has 0 bridgehead atoms. The van der Waals surface area contributed by atoms with Crippen LogP contribution in [0.1, 0.15) is 38.4 Å². The van der Waals surface area contributed by atoms with Crippen LogP contribution < -0.4 is 5.32 Å². The van der Waals surface area contributed by atoms with Crippen molar-refractivity contribution in [3.63, 3.8) is 0 Å². The standard InChI is InChI=1S/C13H20ClN3O/c1-13(2,9-14)12(18)16-6-8-17-7-5-15-11(17)10-3-4-10/h5,7,10H,3-4,6,8-9H2,1-2H3,(H,16,18). The molecule has 0 aromatic carbocycles. The molecule has 1 N–H and O–H groups in total. The normalized spacial score (nSPS) is 15.7. The monoisotopic (exact) mass is 269 g/mol. The van der Waals surface area contributed by atoms with E-state index in [2.05, 4.69) is 14.9 Å². The molecule has 2 rings (SSSR count). The van der Waals surface area contributed by atoms with E-state index < -0.39 is 5.41 Å². The van der Waals surface area contributed by atoms with E-state index in [0.717, 1.165) is 12.4 Å². The van der Waals surface area contributed by atoms with Crippen LogP contribution >= 0.6 is 11.6 Å². The van der Waals surface area contributed by atoms with Crippen molar-refractivity contribution in [1.29, 1.82) is 0 Å². The van der Waals surface area contributed by atoms with Crippen molar-refractivity contribution in [2.45, 2.75) is 39.2 Å². The van der Waals surface area contributed by atoms with E-state index in [0.29, 0.717) is 18.3 Å². The Bertz CT molecular complexity index is 424. The van der Waals surface area contributed by atoms with Gasteiger partial charge >= 0.3 is 0 Å². The fraction of sp³-hybridized carbons (Fsp3) is 0.692. The highest BCUT2D eigenvalue weighted by Crippen LogP contribution is 2.38. The number of hydrogen-bond acceptors (Lipinski definition) is 2. The lowest BCUT2D eigenvalue weighted by molar-refractivity contribution is -0.128. The molecule has 1 saturated carbocycles. The molecule has 4 nitrogen and oxygen atoms in total. The van der Waals surface area contributed by atoms with Gasteiger partial charge in [-0.15, -0.1) is 11.6 Å². The number of carbonyl (C=O) groups is 1. The Morgan fingerprint density at radius 2 is 2.33 bits per heavy atom. The summed E-state index contributed by atoms with van der Waals surface area (Å²) in [4.78, 5) is 16.2. The summed E-state index contributed by atoms with van der Waals surface area (Å²) < 4.78 is 2.13. The smallest absolute Gasteiger partial charge is 0.226 e. The maximum Gasteiger partial charge on any atom is 0.226 e. The van der Waals surface area contributed by atoms with Crippen LogP contribution in [0.5, 0.6) is 0 Å². The van der Waals surface area contributed by atoms with Gasteiger partial charge in [-0.2, -0.15) is 0 Å². The third-order valence-electron chi connectivity index (χ3n) is 3.28. The van der Waals surface area contributed by atoms with Crippen LogP contribution in [0.25, 0.3) is 0 Å². The molecule has 1 aromatic heterocycles. The number of nitrogens with zero attached hydrogens (tertiary/aromatic N) is 2. The molecule has 5 heteroatoms. The Kier molecular flexibility index (Phi) is 3.95. The van der Waals surface area contributed by atoms with Crippen LogP contribution in [0.15, 0.2) is 12.4 Å². The highest BCUT2D eigenvalue weighted by molar-refractivity contribution is 6.19. The van der Waals surface area contributed by atoms with Crippen LogP contribution in [0.3, 0.4) is 0 Å². The maximum absolute atomic E-state index is 11.8. The predicted molar refractivity (Wildman–Crippen MR) is 71.7 cm³/mol. The molecule has 0 radical (unpaired) electrons. The number of imidazole rings is 1. The molecule has 1 heterocycles. The van der Waals surface area contributed by atoms with Crippen LogP contribution in [-0.4, -0.2) is 27.9 Å². The van der Waals surface area contributed by atoms with Gasteiger partial charge in [0, 0.05) is 37.3 Å². The summed E-state index contributed by atoms with van der Waals surface area (Å²) in [6, 6.07) is 0. The van der Waals surface area contributed by atoms with E-state index in [1.165, 1.54) is 12.8 Å². The topological polar surface area (TPSA) is 46.9 Å². The first-order valence-electron chi connectivity index (χ1n) is 6.40. The quantitative estimate of drug-likeness (QED) is 0.805. The minimum atomic E-state index is -0.504. The Labute approximate surface area is 113 Å². The summed E-state index contributed by atoms with van der Waals surface area (Å²) in [5.41, 5.74) is -0.504. The molecule has 1 fully saturated rings. The van der Waals surface area contributed by atoms with E-state index in [-0.39, 0.29) is 5.91 Å². The van der Waals surface area contributed by atoms with Gasteiger partial charge in [0.2, 0.25) is 5.91 Å². The Hall–Kier alpha value is -1.03. The van der Waals surface area contributed by atoms with Gasteiger partial charge in [0.25, 0.3) is 0 Å². The average molecular weight is 270 g/mol. The van der Waals surface area contributed by atoms with Gasteiger partial charge in [0.1, 0.15) is 5.82 Å². The molecule has 0 saturated heterocycles. The lowest BCUT2D eigenvalue weighted by atomic mass is 9.95. The third-order valence-corrected chi connectivity index (χ3v) is 3.95. The molecule has 18 heavy (non-hydrogen) atoms. The van der Waals surface area contributed by atoms with E-state index in [1.54, 1.807) is 0 Å². The number of rotatable bonds is 6. The second kappa shape index (κ2) is 5.31. The summed E-state index contributed by atoms with van der Waals surface area (Å²) in [5, 5.41) is 2.93. The molecule has 1 aliphatic carbocycles. The first kappa shape index (κ1) is 13.4. The summed E-state index contributed by atoms with van der Waals surface area (Å²) in [6.45, 7) is 5.09. The minimum Gasteiger partial charge on any atom is -0.354 e. The molecule has 1 aliphatic rings. The number of alkyl halides is 1. The van der Waals surface area contributed by atoms with Gasteiger partial charge < -0.3 is 9.88 Å². The lowest BCUT2D eigenvalue weighted by Gasteiger charge is -2.20. The van der Waals surface area contributed by atoms with Crippen molar-refractivity contribution in [3.8, 4) is 0 Å². The molecular formula is C13H20ClN3O.